The Balaban J connectivity index is 2.45. The molecule has 0 radical (unpaired) electrons. The second-order valence-corrected chi connectivity index (χ2v) is 7.68. The molecular formula is C19H22BrNO7S. The van der Waals surface area contributed by atoms with Gasteiger partial charge in [0, 0.05) is 5.56 Å². The summed E-state index contributed by atoms with van der Waals surface area (Å²) in [6.07, 6.45) is -1.26. The lowest BCUT2D eigenvalue weighted by molar-refractivity contribution is 0.0527. The standard InChI is InChI=1S/C19H22BrNO7S/c1-5-27-18(24)13-9(3)15(19(25)28-6-2)29-17(13)21-16(23)10-7-11(20)14(22)12(8-10)26-4/h7-8,16,21-23H,5-6H2,1-4H3/t16-/m0/s1. The van der Waals surface area contributed by atoms with Crippen LogP contribution in [0.25, 0.3) is 0 Å². The quantitative estimate of drug-likeness (QED) is 0.378. The van der Waals surface area contributed by atoms with Crippen LogP contribution in [0.4, 0.5) is 5.00 Å². The average molecular weight is 488 g/mol. The number of carbonyl (C=O) groups excluding carboxylic acids is 2. The second-order valence-electron chi connectivity index (χ2n) is 5.80. The molecule has 1 atom stereocenters. The number of halogens is 1. The van der Waals surface area contributed by atoms with Crippen molar-refractivity contribution in [2.45, 2.75) is 27.0 Å². The van der Waals surface area contributed by atoms with E-state index in [1.807, 2.05) is 0 Å². The average Bonchev–Trinajstić information content (AvgIpc) is 3.00. The number of esters is 2. The number of aliphatic hydroxyl groups excluding tert-OH is 1. The Morgan fingerprint density at radius 2 is 1.83 bits per heavy atom. The highest BCUT2D eigenvalue weighted by atomic mass is 79.9. The molecule has 0 bridgehead atoms. The first-order valence-electron chi connectivity index (χ1n) is 8.73. The van der Waals surface area contributed by atoms with Crippen LogP contribution < -0.4 is 10.1 Å². The molecule has 29 heavy (non-hydrogen) atoms. The van der Waals surface area contributed by atoms with Crippen LogP contribution in [0.2, 0.25) is 0 Å². The van der Waals surface area contributed by atoms with Crippen LogP contribution >= 0.6 is 27.3 Å². The van der Waals surface area contributed by atoms with Crippen LogP contribution in [0.3, 0.4) is 0 Å². The lowest BCUT2D eigenvalue weighted by atomic mass is 10.1. The molecule has 1 heterocycles. The van der Waals surface area contributed by atoms with Crippen molar-refractivity contribution in [1.82, 2.24) is 0 Å². The zero-order chi connectivity index (χ0) is 21.7. The van der Waals surface area contributed by atoms with Crippen LogP contribution in [0.15, 0.2) is 16.6 Å². The highest BCUT2D eigenvalue weighted by Gasteiger charge is 2.28. The molecule has 0 unspecified atom stereocenters. The topological polar surface area (TPSA) is 114 Å². The first-order chi connectivity index (χ1) is 13.7. The van der Waals surface area contributed by atoms with Gasteiger partial charge >= 0.3 is 11.9 Å². The number of thiophene rings is 1. The fourth-order valence-corrected chi connectivity index (χ4v) is 4.14. The van der Waals surface area contributed by atoms with Crippen molar-refractivity contribution in [3.05, 3.63) is 38.2 Å². The molecular weight excluding hydrogens is 466 g/mol. The molecule has 0 fully saturated rings. The van der Waals surface area contributed by atoms with Gasteiger partial charge in [-0.15, -0.1) is 11.3 Å². The molecule has 0 spiro atoms. The van der Waals surface area contributed by atoms with E-state index in [2.05, 4.69) is 21.2 Å². The van der Waals surface area contributed by atoms with Crippen LogP contribution in [0.1, 0.15) is 51.2 Å². The third-order valence-corrected chi connectivity index (χ3v) is 5.75. The van der Waals surface area contributed by atoms with Crippen LogP contribution in [-0.4, -0.2) is 42.5 Å². The van der Waals surface area contributed by atoms with Crippen molar-refractivity contribution in [3.63, 3.8) is 0 Å². The SMILES string of the molecule is CCOC(=O)c1sc(N[C@@H](O)c2cc(Br)c(O)c(OC)c2)c(C(=O)OCC)c1C. The van der Waals surface area contributed by atoms with Gasteiger partial charge in [0.05, 0.1) is 30.4 Å². The number of phenolic OH excluding ortho intramolecular Hbond substituents is 1. The van der Waals surface area contributed by atoms with Gasteiger partial charge < -0.3 is 29.7 Å². The van der Waals surface area contributed by atoms with E-state index in [-0.39, 0.29) is 40.2 Å². The highest BCUT2D eigenvalue weighted by molar-refractivity contribution is 9.10. The molecule has 0 aliphatic carbocycles. The highest BCUT2D eigenvalue weighted by Crippen LogP contribution is 2.39. The van der Waals surface area contributed by atoms with Crippen LogP contribution in [0.5, 0.6) is 11.5 Å². The van der Waals surface area contributed by atoms with E-state index in [1.54, 1.807) is 20.8 Å². The number of anilines is 1. The van der Waals surface area contributed by atoms with Gasteiger partial charge in [-0.3, -0.25) is 0 Å². The van der Waals surface area contributed by atoms with Gasteiger partial charge in [0.1, 0.15) is 9.88 Å². The normalized spacial score (nSPS) is 11.7. The summed E-state index contributed by atoms with van der Waals surface area (Å²) >= 11 is 4.19. The largest absolute Gasteiger partial charge is 0.503 e. The van der Waals surface area contributed by atoms with Crippen LogP contribution in [0, 0.1) is 6.92 Å². The summed E-state index contributed by atoms with van der Waals surface area (Å²) in [6, 6.07) is 2.96. The molecule has 0 saturated heterocycles. The van der Waals surface area contributed by atoms with E-state index in [4.69, 9.17) is 14.2 Å². The number of nitrogens with one attached hydrogen (secondary N) is 1. The van der Waals surface area contributed by atoms with E-state index in [0.717, 1.165) is 11.3 Å². The Bertz CT molecular complexity index is 912. The van der Waals surface area contributed by atoms with E-state index in [0.29, 0.717) is 15.6 Å². The molecule has 1 aromatic heterocycles. The van der Waals surface area contributed by atoms with E-state index >= 15 is 0 Å². The van der Waals surface area contributed by atoms with Crippen molar-refractivity contribution >= 4 is 44.2 Å². The maximum Gasteiger partial charge on any atom is 0.348 e. The third-order valence-electron chi connectivity index (χ3n) is 3.94. The number of methoxy groups -OCH3 is 1. The maximum atomic E-state index is 12.4. The Labute approximate surface area is 180 Å². The van der Waals surface area contributed by atoms with Gasteiger partial charge in [-0.2, -0.15) is 0 Å². The number of hydrogen-bond acceptors (Lipinski definition) is 9. The molecule has 158 valence electrons. The van der Waals surface area contributed by atoms with Crippen molar-refractivity contribution < 1.29 is 34.0 Å². The number of phenols is 1. The van der Waals surface area contributed by atoms with E-state index in [9.17, 15) is 19.8 Å². The lowest BCUT2D eigenvalue weighted by Gasteiger charge is -2.16. The first kappa shape index (κ1) is 23.0. The predicted octanol–water partition coefficient (Wildman–Crippen LogP) is 3.99. The fourth-order valence-electron chi connectivity index (χ4n) is 2.57. The molecule has 1 aromatic carbocycles. The van der Waals surface area contributed by atoms with Gasteiger partial charge in [0.15, 0.2) is 17.7 Å². The zero-order valence-electron chi connectivity index (χ0n) is 16.4. The predicted molar refractivity (Wildman–Crippen MR) is 112 cm³/mol. The van der Waals surface area contributed by atoms with Gasteiger partial charge in [0.2, 0.25) is 0 Å². The molecule has 0 saturated carbocycles. The Kier molecular flexibility index (Phi) is 7.88. The van der Waals surface area contributed by atoms with Crippen molar-refractivity contribution in [1.29, 1.82) is 0 Å². The van der Waals surface area contributed by atoms with Gasteiger partial charge in [-0.1, -0.05) is 0 Å². The maximum absolute atomic E-state index is 12.4. The molecule has 0 amide bonds. The molecule has 8 nitrogen and oxygen atoms in total. The summed E-state index contributed by atoms with van der Waals surface area (Å²) < 4.78 is 15.6. The Morgan fingerprint density at radius 3 is 2.41 bits per heavy atom. The smallest absolute Gasteiger partial charge is 0.348 e. The zero-order valence-corrected chi connectivity index (χ0v) is 18.8. The number of hydrogen-bond donors (Lipinski definition) is 3. The fraction of sp³-hybridized carbons (Fsp3) is 0.368. The summed E-state index contributed by atoms with van der Waals surface area (Å²) in [4.78, 5) is 24.9. The summed E-state index contributed by atoms with van der Waals surface area (Å²) in [5, 5.41) is 23.7. The molecule has 2 rings (SSSR count). The summed E-state index contributed by atoms with van der Waals surface area (Å²) in [6.45, 7) is 5.33. The van der Waals surface area contributed by atoms with E-state index in [1.165, 1.54) is 19.2 Å². The van der Waals surface area contributed by atoms with Gasteiger partial charge in [0.25, 0.3) is 0 Å². The van der Waals surface area contributed by atoms with Gasteiger partial charge in [-0.05, 0) is 54.4 Å². The molecule has 10 heteroatoms. The monoisotopic (exact) mass is 487 g/mol. The van der Waals surface area contributed by atoms with Crippen molar-refractivity contribution in [2.24, 2.45) is 0 Å². The minimum atomic E-state index is -1.26. The molecule has 0 aliphatic rings. The third kappa shape index (κ3) is 5.01. The number of rotatable bonds is 8. The van der Waals surface area contributed by atoms with Crippen LogP contribution in [-0.2, 0) is 9.47 Å². The first-order valence-corrected chi connectivity index (χ1v) is 10.3. The van der Waals surface area contributed by atoms with E-state index < -0.39 is 18.2 Å². The summed E-state index contributed by atoms with van der Waals surface area (Å²) in [5.74, 6) is -1.12. The lowest BCUT2D eigenvalue weighted by Crippen LogP contribution is -2.13. The number of ether oxygens (including phenoxy) is 3. The number of carbonyl (C=O) groups is 2. The summed E-state index contributed by atoms with van der Waals surface area (Å²) in [5.41, 5.74) is 0.930. The Morgan fingerprint density at radius 1 is 1.21 bits per heavy atom. The minimum absolute atomic E-state index is 0.104. The molecule has 3 N–H and O–H groups in total. The molecule has 0 aliphatic heterocycles. The summed E-state index contributed by atoms with van der Waals surface area (Å²) in [7, 11) is 1.39. The van der Waals surface area contributed by atoms with Crippen molar-refractivity contribution in [3.8, 4) is 11.5 Å². The second kappa shape index (κ2) is 9.95. The number of aliphatic hydroxyl groups is 1. The number of aromatic hydroxyl groups is 1. The Hall–Kier alpha value is -2.30. The van der Waals surface area contributed by atoms with Crippen molar-refractivity contribution in [2.75, 3.05) is 25.6 Å². The molecule has 2 aromatic rings. The van der Waals surface area contributed by atoms with Gasteiger partial charge in [-0.25, -0.2) is 9.59 Å². The minimum Gasteiger partial charge on any atom is -0.503 e. The number of benzene rings is 1.